The Balaban J connectivity index is 0.00000364. The molecule has 0 fully saturated rings. The summed E-state index contributed by atoms with van der Waals surface area (Å²) in [5.41, 5.74) is 1.01. The van der Waals surface area contributed by atoms with Crippen molar-refractivity contribution in [2.45, 2.75) is 19.6 Å². The first-order valence-corrected chi connectivity index (χ1v) is 8.49. The number of nitrogens with zero attached hydrogens (tertiary/aromatic N) is 2. The Morgan fingerprint density at radius 3 is 2.37 bits per heavy atom. The van der Waals surface area contributed by atoms with Gasteiger partial charge in [-0.3, -0.25) is 4.99 Å². The van der Waals surface area contributed by atoms with Crippen molar-refractivity contribution in [3.8, 4) is 11.5 Å². The summed E-state index contributed by atoms with van der Waals surface area (Å²) in [5, 5.41) is 3.29. The SMILES string of the molecule is CN=C(NCC(C)Oc1ccccc1OC)N(C)Cc1ccc(F)cc1.I. The number of benzene rings is 2. The highest BCUT2D eigenvalue weighted by molar-refractivity contribution is 14.0. The maximum atomic E-state index is 13.0. The van der Waals surface area contributed by atoms with E-state index in [1.807, 2.05) is 43.1 Å². The fraction of sp³-hybridized carbons (Fsp3) is 0.350. The Bertz CT molecular complexity index is 725. The van der Waals surface area contributed by atoms with E-state index < -0.39 is 0 Å². The molecule has 0 radical (unpaired) electrons. The van der Waals surface area contributed by atoms with E-state index in [9.17, 15) is 4.39 Å². The van der Waals surface area contributed by atoms with Crippen LogP contribution in [0.4, 0.5) is 4.39 Å². The van der Waals surface area contributed by atoms with E-state index in [0.29, 0.717) is 24.6 Å². The molecule has 0 aliphatic heterocycles. The van der Waals surface area contributed by atoms with Gasteiger partial charge in [0, 0.05) is 20.6 Å². The van der Waals surface area contributed by atoms with Crippen LogP contribution in [0.1, 0.15) is 12.5 Å². The average molecular weight is 487 g/mol. The maximum absolute atomic E-state index is 13.0. The number of rotatable bonds is 7. The van der Waals surface area contributed by atoms with E-state index in [0.717, 1.165) is 11.5 Å². The topological polar surface area (TPSA) is 46.1 Å². The van der Waals surface area contributed by atoms with Gasteiger partial charge in [-0.05, 0) is 36.8 Å². The van der Waals surface area contributed by atoms with Crippen LogP contribution < -0.4 is 14.8 Å². The van der Waals surface area contributed by atoms with Crippen LogP contribution in [0.5, 0.6) is 11.5 Å². The Hall–Kier alpha value is -2.03. The minimum absolute atomic E-state index is 0. The Morgan fingerprint density at radius 2 is 1.78 bits per heavy atom. The Labute approximate surface area is 177 Å². The average Bonchev–Trinajstić information content (AvgIpc) is 2.64. The molecule has 0 amide bonds. The smallest absolute Gasteiger partial charge is 0.193 e. The van der Waals surface area contributed by atoms with Crippen molar-refractivity contribution in [2.75, 3.05) is 27.7 Å². The third-order valence-corrected chi connectivity index (χ3v) is 3.85. The van der Waals surface area contributed by atoms with E-state index in [2.05, 4.69) is 10.3 Å². The molecule has 1 atom stereocenters. The zero-order chi connectivity index (χ0) is 18.9. The molecule has 27 heavy (non-hydrogen) atoms. The number of guanidine groups is 1. The second kappa shape index (κ2) is 11.6. The third kappa shape index (κ3) is 7.24. The van der Waals surface area contributed by atoms with E-state index in [4.69, 9.17) is 9.47 Å². The van der Waals surface area contributed by atoms with Crippen LogP contribution in [-0.2, 0) is 6.54 Å². The molecule has 2 aromatic carbocycles. The zero-order valence-electron chi connectivity index (χ0n) is 16.1. The van der Waals surface area contributed by atoms with Crippen LogP contribution in [0.2, 0.25) is 0 Å². The van der Waals surface area contributed by atoms with Gasteiger partial charge >= 0.3 is 0 Å². The Kier molecular flexibility index (Phi) is 9.92. The van der Waals surface area contributed by atoms with Gasteiger partial charge in [0.15, 0.2) is 17.5 Å². The molecule has 0 aliphatic rings. The van der Waals surface area contributed by atoms with Gasteiger partial charge in [0.05, 0.1) is 13.7 Å². The molecule has 5 nitrogen and oxygen atoms in total. The fourth-order valence-corrected chi connectivity index (χ4v) is 2.53. The molecule has 0 heterocycles. The molecule has 0 bridgehead atoms. The van der Waals surface area contributed by atoms with Crippen LogP contribution in [0.3, 0.4) is 0 Å². The minimum Gasteiger partial charge on any atom is -0.493 e. The summed E-state index contributed by atoms with van der Waals surface area (Å²) in [5.74, 6) is 1.92. The predicted octanol–water partition coefficient (Wildman–Crippen LogP) is 3.93. The van der Waals surface area contributed by atoms with Gasteiger partial charge in [-0.2, -0.15) is 0 Å². The molecule has 1 unspecified atom stereocenters. The fourth-order valence-electron chi connectivity index (χ4n) is 2.53. The summed E-state index contributed by atoms with van der Waals surface area (Å²) >= 11 is 0. The number of hydrogen-bond acceptors (Lipinski definition) is 3. The normalized spacial score (nSPS) is 12.0. The highest BCUT2D eigenvalue weighted by Crippen LogP contribution is 2.26. The second-order valence-electron chi connectivity index (χ2n) is 5.99. The molecule has 0 saturated carbocycles. The lowest BCUT2D eigenvalue weighted by Gasteiger charge is -2.24. The molecular formula is C20H27FIN3O2. The molecule has 0 saturated heterocycles. The minimum atomic E-state index is -0.235. The van der Waals surface area contributed by atoms with Crippen LogP contribution >= 0.6 is 24.0 Å². The van der Waals surface area contributed by atoms with Gasteiger partial charge in [-0.25, -0.2) is 4.39 Å². The predicted molar refractivity (Wildman–Crippen MR) is 118 cm³/mol. The first-order chi connectivity index (χ1) is 12.5. The first kappa shape index (κ1) is 23.0. The first-order valence-electron chi connectivity index (χ1n) is 8.49. The molecule has 0 spiro atoms. The summed E-state index contributed by atoms with van der Waals surface area (Å²) in [6, 6.07) is 14.0. The number of halogens is 2. The molecule has 2 rings (SSSR count). The van der Waals surface area contributed by atoms with E-state index >= 15 is 0 Å². The third-order valence-electron chi connectivity index (χ3n) is 3.85. The number of ether oxygens (including phenoxy) is 2. The van der Waals surface area contributed by atoms with Gasteiger partial charge in [0.25, 0.3) is 0 Å². The van der Waals surface area contributed by atoms with Crippen molar-refractivity contribution in [1.82, 2.24) is 10.2 Å². The summed E-state index contributed by atoms with van der Waals surface area (Å²) < 4.78 is 24.3. The van der Waals surface area contributed by atoms with Crippen LogP contribution in [-0.4, -0.2) is 44.7 Å². The van der Waals surface area contributed by atoms with Gasteiger partial charge in [-0.15, -0.1) is 24.0 Å². The van der Waals surface area contributed by atoms with E-state index in [1.165, 1.54) is 12.1 Å². The van der Waals surface area contributed by atoms with Crippen LogP contribution in [0, 0.1) is 5.82 Å². The molecule has 0 aliphatic carbocycles. The quantitative estimate of drug-likeness (QED) is 0.366. The van der Waals surface area contributed by atoms with E-state index in [-0.39, 0.29) is 35.9 Å². The van der Waals surface area contributed by atoms with Gasteiger partial charge in [-0.1, -0.05) is 24.3 Å². The van der Waals surface area contributed by atoms with Crippen molar-refractivity contribution >= 4 is 29.9 Å². The van der Waals surface area contributed by atoms with Gasteiger partial charge < -0.3 is 19.7 Å². The molecule has 1 N–H and O–H groups in total. The monoisotopic (exact) mass is 487 g/mol. The largest absolute Gasteiger partial charge is 0.493 e. The number of methoxy groups -OCH3 is 1. The lowest BCUT2D eigenvalue weighted by atomic mass is 10.2. The molecule has 148 valence electrons. The van der Waals surface area contributed by atoms with Crippen molar-refractivity contribution < 1.29 is 13.9 Å². The lowest BCUT2D eigenvalue weighted by molar-refractivity contribution is 0.212. The molecule has 0 aromatic heterocycles. The van der Waals surface area contributed by atoms with Crippen LogP contribution in [0.15, 0.2) is 53.5 Å². The standard InChI is InChI=1S/C20H26FN3O2.HI/c1-15(26-19-8-6-5-7-18(19)25-4)13-23-20(22-2)24(3)14-16-9-11-17(21)12-10-16;/h5-12,15H,13-14H2,1-4H3,(H,22,23);1H. The maximum Gasteiger partial charge on any atom is 0.193 e. The van der Waals surface area contributed by atoms with E-state index in [1.54, 1.807) is 26.3 Å². The number of para-hydroxylation sites is 2. The van der Waals surface area contributed by atoms with Gasteiger partial charge in [0.1, 0.15) is 11.9 Å². The second-order valence-corrected chi connectivity index (χ2v) is 5.99. The Morgan fingerprint density at radius 1 is 1.15 bits per heavy atom. The lowest BCUT2D eigenvalue weighted by Crippen LogP contribution is -2.42. The highest BCUT2D eigenvalue weighted by atomic mass is 127. The summed E-state index contributed by atoms with van der Waals surface area (Å²) in [6.45, 7) is 3.19. The summed E-state index contributed by atoms with van der Waals surface area (Å²) in [7, 11) is 5.29. The molecule has 7 heteroatoms. The van der Waals surface area contributed by atoms with Crippen molar-refractivity contribution in [2.24, 2.45) is 4.99 Å². The number of aliphatic imine (C=N–C) groups is 1. The molecule has 2 aromatic rings. The van der Waals surface area contributed by atoms with Gasteiger partial charge in [0.2, 0.25) is 0 Å². The van der Waals surface area contributed by atoms with Crippen molar-refractivity contribution in [1.29, 1.82) is 0 Å². The molecular weight excluding hydrogens is 460 g/mol. The van der Waals surface area contributed by atoms with Crippen molar-refractivity contribution in [3.63, 3.8) is 0 Å². The zero-order valence-corrected chi connectivity index (χ0v) is 18.4. The summed E-state index contributed by atoms with van der Waals surface area (Å²) in [4.78, 5) is 6.27. The summed E-state index contributed by atoms with van der Waals surface area (Å²) in [6.07, 6.45) is -0.0812. The van der Waals surface area contributed by atoms with Crippen LogP contribution in [0.25, 0.3) is 0 Å². The number of nitrogens with one attached hydrogen (secondary N) is 1. The van der Waals surface area contributed by atoms with Crippen molar-refractivity contribution in [3.05, 3.63) is 59.9 Å². The number of hydrogen-bond donors (Lipinski definition) is 1. The highest BCUT2D eigenvalue weighted by Gasteiger charge is 2.11.